The van der Waals surface area contributed by atoms with Crippen molar-refractivity contribution < 1.29 is 24.2 Å². The highest BCUT2D eigenvalue weighted by atomic mass is 32.1. The Kier molecular flexibility index (Phi) is 5.32. The maximum Gasteiger partial charge on any atom is 0.404 e. The summed E-state index contributed by atoms with van der Waals surface area (Å²) in [5.41, 5.74) is 5.45. The molecule has 9 heteroatoms. The minimum atomic E-state index is -1.10. The van der Waals surface area contributed by atoms with E-state index in [1.165, 1.54) is 11.3 Å². The fraction of sp³-hybridized carbons (Fsp3) is 0.364. The number of carboxylic acid groups (broad SMARTS) is 1. The van der Waals surface area contributed by atoms with Crippen LogP contribution in [0.25, 0.3) is 0 Å². The van der Waals surface area contributed by atoms with E-state index in [9.17, 15) is 14.4 Å². The van der Waals surface area contributed by atoms with Crippen molar-refractivity contribution in [2.75, 3.05) is 18.5 Å². The first-order valence-corrected chi connectivity index (χ1v) is 6.45. The molecule has 0 radical (unpaired) electrons. The molecule has 0 bridgehead atoms. The Morgan fingerprint density at radius 2 is 2.00 bits per heavy atom. The third kappa shape index (κ3) is 4.12. The zero-order chi connectivity index (χ0) is 15.3. The lowest BCUT2D eigenvalue weighted by atomic mass is 10.1. The lowest BCUT2D eigenvalue weighted by Crippen LogP contribution is -2.32. The molecule has 0 aliphatic carbocycles. The quantitative estimate of drug-likeness (QED) is 0.608. The number of nitrogens with one attached hydrogen (secondary N) is 2. The summed E-state index contributed by atoms with van der Waals surface area (Å²) >= 11 is 1.18. The van der Waals surface area contributed by atoms with Gasteiger partial charge in [-0.25, -0.2) is 14.4 Å². The van der Waals surface area contributed by atoms with E-state index in [0.717, 1.165) is 4.88 Å². The smallest absolute Gasteiger partial charge is 0.404 e. The topological polar surface area (TPSA) is 131 Å². The molecule has 8 nitrogen and oxygen atoms in total. The Balaban J connectivity index is 2.60. The van der Waals surface area contributed by atoms with Gasteiger partial charge in [0.2, 0.25) is 0 Å². The predicted molar refractivity (Wildman–Crippen MR) is 73.3 cm³/mol. The van der Waals surface area contributed by atoms with Gasteiger partial charge in [-0.2, -0.15) is 0 Å². The van der Waals surface area contributed by atoms with E-state index in [1.807, 2.05) is 0 Å². The Morgan fingerprint density at radius 1 is 1.35 bits per heavy atom. The minimum absolute atomic E-state index is 0.0585. The van der Waals surface area contributed by atoms with Crippen molar-refractivity contribution >= 4 is 34.4 Å². The molecule has 1 aromatic heterocycles. The highest BCUT2D eigenvalue weighted by molar-refractivity contribution is 7.16. The number of urea groups is 1. The fourth-order valence-electron chi connectivity index (χ4n) is 1.44. The number of ether oxygens (including phenoxy) is 1. The summed E-state index contributed by atoms with van der Waals surface area (Å²) in [5.74, 6) is -1.10. The van der Waals surface area contributed by atoms with Gasteiger partial charge < -0.3 is 20.9 Å². The van der Waals surface area contributed by atoms with Gasteiger partial charge in [-0.3, -0.25) is 5.32 Å². The number of anilines is 1. The van der Waals surface area contributed by atoms with Crippen LogP contribution in [0, 0.1) is 13.8 Å². The second-order valence-electron chi connectivity index (χ2n) is 3.84. The standard InChI is InChI=1S/C11H15N3O5S/c1-5-6(2)20-8(7(5)9(15)16)14-11(18)13-3-4-19-10(12)17/h3-4H2,1-2H3,(H2,12,17)(H,15,16)(H2,13,14,18). The predicted octanol–water partition coefficient (Wildman–Crippen LogP) is 1.28. The van der Waals surface area contributed by atoms with Crippen molar-refractivity contribution in [2.45, 2.75) is 13.8 Å². The van der Waals surface area contributed by atoms with Crippen molar-refractivity contribution in [3.05, 3.63) is 16.0 Å². The molecule has 1 heterocycles. The van der Waals surface area contributed by atoms with E-state index < -0.39 is 18.1 Å². The molecule has 0 aliphatic heterocycles. The normalized spacial score (nSPS) is 9.90. The fourth-order valence-corrected chi connectivity index (χ4v) is 2.48. The third-order valence-electron chi connectivity index (χ3n) is 2.46. The summed E-state index contributed by atoms with van der Waals surface area (Å²) in [6, 6.07) is -0.582. The Morgan fingerprint density at radius 3 is 2.55 bits per heavy atom. The molecule has 5 N–H and O–H groups in total. The molecular weight excluding hydrogens is 286 g/mol. The lowest BCUT2D eigenvalue weighted by Gasteiger charge is -2.07. The monoisotopic (exact) mass is 301 g/mol. The molecular formula is C11H15N3O5S. The first kappa shape index (κ1) is 15.8. The van der Waals surface area contributed by atoms with Crippen LogP contribution in [0.1, 0.15) is 20.8 Å². The molecule has 20 heavy (non-hydrogen) atoms. The molecule has 0 atom stereocenters. The molecule has 0 unspecified atom stereocenters. The zero-order valence-corrected chi connectivity index (χ0v) is 11.8. The summed E-state index contributed by atoms with van der Waals surface area (Å²) in [7, 11) is 0. The molecule has 1 aromatic rings. The van der Waals surface area contributed by atoms with Gasteiger partial charge in [-0.15, -0.1) is 11.3 Å². The highest BCUT2D eigenvalue weighted by Crippen LogP contribution is 2.32. The number of aryl methyl sites for hydroxylation is 1. The van der Waals surface area contributed by atoms with Crippen molar-refractivity contribution in [1.29, 1.82) is 0 Å². The van der Waals surface area contributed by atoms with Gasteiger partial charge in [0.1, 0.15) is 11.6 Å². The minimum Gasteiger partial charge on any atom is -0.478 e. The summed E-state index contributed by atoms with van der Waals surface area (Å²) in [5, 5.41) is 14.2. The molecule has 0 saturated carbocycles. The van der Waals surface area contributed by atoms with Crippen molar-refractivity contribution in [2.24, 2.45) is 5.73 Å². The number of thiophene rings is 1. The second-order valence-corrected chi connectivity index (χ2v) is 5.07. The van der Waals surface area contributed by atoms with Crippen molar-refractivity contribution in [3.63, 3.8) is 0 Å². The summed E-state index contributed by atoms with van der Waals surface area (Å²) in [6.07, 6.45) is -0.926. The number of nitrogens with two attached hydrogens (primary N) is 1. The number of rotatable bonds is 5. The van der Waals surface area contributed by atoms with Crippen LogP contribution in [-0.4, -0.2) is 36.4 Å². The van der Waals surface area contributed by atoms with E-state index in [1.54, 1.807) is 13.8 Å². The van der Waals surface area contributed by atoms with E-state index in [4.69, 9.17) is 10.8 Å². The van der Waals surface area contributed by atoms with Crippen LogP contribution in [0.4, 0.5) is 14.6 Å². The van der Waals surface area contributed by atoms with E-state index in [2.05, 4.69) is 15.4 Å². The van der Waals surface area contributed by atoms with E-state index >= 15 is 0 Å². The molecule has 0 saturated heterocycles. The molecule has 0 aromatic carbocycles. The molecule has 0 spiro atoms. The molecule has 0 aliphatic rings. The van der Waals surface area contributed by atoms with Crippen LogP contribution < -0.4 is 16.4 Å². The number of aromatic carboxylic acids is 1. The molecule has 0 fully saturated rings. The largest absolute Gasteiger partial charge is 0.478 e. The highest BCUT2D eigenvalue weighted by Gasteiger charge is 2.20. The van der Waals surface area contributed by atoms with Crippen LogP contribution in [0.3, 0.4) is 0 Å². The number of amides is 3. The van der Waals surface area contributed by atoms with Crippen LogP contribution in [0.5, 0.6) is 0 Å². The van der Waals surface area contributed by atoms with Gasteiger partial charge in [0.15, 0.2) is 0 Å². The van der Waals surface area contributed by atoms with Crippen LogP contribution in [-0.2, 0) is 4.74 Å². The summed E-state index contributed by atoms with van der Waals surface area (Å²) < 4.78 is 4.43. The number of hydrogen-bond acceptors (Lipinski definition) is 5. The maximum atomic E-state index is 11.6. The lowest BCUT2D eigenvalue weighted by molar-refractivity contribution is 0.0697. The van der Waals surface area contributed by atoms with E-state index in [-0.39, 0.29) is 23.7 Å². The maximum absolute atomic E-state index is 11.6. The Hall–Kier alpha value is -2.29. The molecule has 1 rings (SSSR count). The third-order valence-corrected chi connectivity index (χ3v) is 3.58. The number of carbonyl (C=O) groups excluding carboxylic acids is 2. The van der Waals surface area contributed by atoms with Gasteiger partial charge in [0.25, 0.3) is 0 Å². The number of carboxylic acids is 1. The van der Waals surface area contributed by atoms with Crippen molar-refractivity contribution in [1.82, 2.24) is 5.32 Å². The summed E-state index contributed by atoms with van der Waals surface area (Å²) in [6.45, 7) is 3.47. The first-order valence-electron chi connectivity index (χ1n) is 5.63. The zero-order valence-electron chi connectivity index (χ0n) is 11.0. The average Bonchev–Trinajstić information content (AvgIpc) is 2.60. The number of carbonyl (C=O) groups is 3. The van der Waals surface area contributed by atoms with Gasteiger partial charge in [-0.05, 0) is 19.4 Å². The van der Waals surface area contributed by atoms with Crippen molar-refractivity contribution in [3.8, 4) is 0 Å². The molecule has 110 valence electrons. The Labute approximate surface area is 118 Å². The van der Waals surface area contributed by atoms with Gasteiger partial charge in [0.05, 0.1) is 12.1 Å². The second kappa shape index (κ2) is 6.75. The van der Waals surface area contributed by atoms with Crippen LogP contribution in [0.2, 0.25) is 0 Å². The first-order chi connectivity index (χ1) is 9.32. The SMILES string of the molecule is Cc1sc(NC(=O)NCCOC(N)=O)c(C(=O)O)c1C. The van der Waals surface area contributed by atoms with Gasteiger partial charge in [-0.1, -0.05) is 0 Å². The summed E-state index contributed by atoms with van der Waals surface area (Å²) in [4.78, 5) is 33.8. The Bertz CT molecular complexity index is 540. The number of primary amides is 1. The van der Waals surface area contributed by atoms with Gasteiger partial charge >= 0.3 is 18.1 Å². The average molecular weight is 301 g/mol. The number of hydrogen-bond donors (Lipinski definition) is 4. The van der Waals surface area contributed by atoms with Crippen LogP contribution in [0.15, 0.2) is 0 Å². The van der Waals surface area contributed by atoms with Gasteiger partial charge in [0, 0.05) is 4.88 Å². The van der Waals surface area contributed by atoms with Crippen LogP contribution >= 0.6 is 11.3 Å². The molecule has 3 amide bonds. The van der Waals surface area contributed by atoms with E-state index in [0.29, 0.717) is 5.56 Å².